The molecule has 2 aromatic carbocycles. The van der Waals surface area contributed by atoms with Crippen LogP contribution < -0.4 is 24.0 Å². The number of anilines is 1. The first kappa shape index (κ1) is 18.9. The highest BCUT2D eigenvalue weighted by Gasteiger charge is 2.22. The van der Waals surface area contributed by atoms with Crippen molar-refractivity contribution in [2.75, 3.05) is 52.4 Å². The molecule has 1 aliphatic heterocycles. The van der Waals surface area contributed by atoms with Crippen molar-refractivity contribution in [1.29, 1.82) is 0 Å². The van der Waals surface area contributed by atoms with E-state index in [0.717, 1.165) is 54.4 Å². The van der Waals surface area contributed by atoms with Gasteiger partial charge in [0.25, 0.3) is 0 Å². The highest BCUT2D eigenvalue weighted by molar-refractivity contribution is 9.10. The molecule has 1 fully saturated rings. The highest BCUT2D eigenvalue weighted by Crippen LogP contribution is 2.32. The number of hydrogen-bond donors (Lipinski definition) is 1. The molecular weight excluding hydrogens is 396 g/mol. The maximum absolute atomic E-state index is 5.56. The van der Waals surface area contributed by atoms with Gasteiger partial charge in [-0.25, -0.2) is 0 Å². The van der Waals surface area contributed by atoms with Crippen molar-refractivity contribution in [3.63, 3.8) is 0 Å². The van der Waals surface area contributed by atoms with Gasteiger partial charge in [0.05, 0.1) is 52.0 Å². The van der Waals surface area contributed by atoms with Crippen LogP contribution >= 0.6 is 15.9 Å². The fourth-order valence-corrected chi connectivity index (χ4v) is 3.93. The number of piperazine rings is 1. The Labute approximate surface area is 163 Å². The van der Waals surface area contributed by atoms with Crippen molar-refractivity contribution in [3.05, 3.63) is 46.4 Å². The zero-order chi connectivity index (χ0) is 18.5. The quantitative estimate of drug-likeness (QED) is 0.776. The van der Waals surface area contributed by atoms with Gasteiger partial charge in [0.15, 0.2) is 0 Å². The smallest absolute Gasteiger partial charge is 0.136 e. The van der Waals surface area contributed by atoms with E-state index < -0.39 is 0 Å². The first-order chi connectivity index (χ1) is 12.6. The van der Waals surface area contributed by atoms with E-state index in [1.54, 1.807) is 26.2 Å². The molecule has 0 aromatic heterocycles. The standard InChI is InChI=1S/C20H25BrN2O3/c1-24-17-6-4-16(5-7-17)23-10-8-22(9-11-23)14-15-12-18(21)20(26-3)13-19(15)25-2/h4-7,12-13H,8-11,14H2,1-3H3/p+1. The number of ether oxygens (including phenoxy) is 3. The molecule has 1 aliphatic rings. The van der Waals surface area contributed by atoms with E-state index in [4.69, 9.17) is 14.2 Å². The van der Waals surface area contributed by atoms with Crippen molar-refractivity contribution in [1.82, 2.24) is 0 Å². The largest absolute Gasteiger partial charge is 0.497 e. The van der Waals surface area contributed by atoms with Crippen LogP contribution in [0.25, 0.3) is 0 Å². The minimum Gasteiger partial charge on any atom is -0.497 e. The Morgan fingerprint density at radius 3 is 2.15 bits per heavy atom. The van der Waals surface area contributed by atoms with Crippen molar-refractivity contribution in [2.45, 2.75) is 6.54 Å². The minimum atomic E-state index is 0.796. The second-order valence-electron chi connectivity index (χ2n) is 6.41. The summed E-state index contributed by atoms with van der Waals surface area (Å²) < 4.78 is 17.1. The van der Waals surface area contributed by atoms with E-state index in [-0.39, 0.29) is 0 Å². The second kappa shape index (κ2) is 8.64. The first-order valence-corrected chi connectivity index (χ1v) is 9.57. The molecule has 2 aromatic rings. The van der Waals surface area contributed by atoms with Gasteiger partial charge < -0.3 is 24.0 Å². The molecular formula is C20H26BrN2O3+. The summed E-state index contributed by atoms with van der Waals surface area (Å²) in [5.74, 6) is 2.58. The van der Waals surface area contributed by atoms with E-state index >= 15 is 0 Å². The Hall–Kier alpha value is -1.92. The Bertz CT molecular complexity index is 729. The molecule has 0 saturated carbocycles. The SMILES string of the molecule is COc1ccc(N2CC[NH+](Cc3cc(Br)c(OC)cc3OC)CC2)cc1. The summed E-state index contributed by atoms with van der Waals surface area (Å²) in [6.07, 6.45) is 0. The molecule has 26 heavy (non-hydrogen) atoms. The molecule has 6 heteroatoms. The third-order valence-electron chi connectivity index (χ3n) is 4.90. The van der Waals surface area contributed by atoms with Crippen molar-refractivity contribution >= 4 is 21.6 Å². The fraction of sp³-hybridized carbons (Fsp3) is 0.400. The fourth-order valence-electron chi connectivity index (χ4n) is 3.38. The number of methoxy groups -OCH3 is 3. The lowest BCUT2D eigenvalue weighted by Gasteiger charge is -2.34. The summed E-state index contributed by atoms with van der Waals surface area (Å²) in [4.78, 5) is 3.99. The van der Waals surface area contributed by atoms with Crippen LogP contribution in [0.1, 0.15) is 5.56 Å². The average molecular weight is 422 g/mol. The van der Waals surface area contributed by atoms with Gasteiger partial charge in [-0.1, -0.05) is 0 Å². The van der Waals surface area contributed by atoms with Crippen LogP contribution in [0.3, 0.4) is 0 Å². The zero-order valence-corrected chi connectivity index (χ0v) is 17.1. The van der Waals surface area contributed by atoms with Crippen LogP contribution in [0, 0.1) is 0 Å². The Kier molecular flexibility index (Phi) is 6.27. The molecule has 0 atom stereocenters. The van der Waals surface area contributed by atoms with E-state index in [9.17, 15) is 0 Å². The van der Waals surface area contributed by atoms with Gasteiger partial charge >= 0.3 is 0 Å². The number of benzene rings is 2. The summed E-state index contributed by atoms with van der Waals surface area (Å²) in [6, 6.07) is 12.4. The third-order valence-corrected chi connectivity index (χ3v) is 5.52. The molecule has 140 valence electrons. The van der Waals surface area contributed by atoms with Gasteiger partial charge in [-0.15, -0.1) is 0 Å². The normalized spacial score (nSPS) is 15.0. The van der Waals surface area contributed by atoms with Gasteiger partial charge in [0.1, 0.15) is 23.8 Å². The van der Waals surface area contributed by atoms with Crippen LogP contribution in [0.5, 0.6) is 17.2 Å². The number of nitrogens with zero attached hydrogens (tertiary/aromatic N) is 1. The molecule has 1 heterocycles. The maximum Gasteiger partial charge on any atom is 0.136 e. The molecule has 1 saturated heterocycles. The van der Waals surface area contributed by atoms with Gasteiger partial charge in [-0.05, 0) is 46.3 Å². The van der Waals surface area contributed by atoms with Crippen LogP contribution in [0.15, 0.2) is 40.9 Å². The Morgan fingerprint density at radius 1 is 0.923 bits per heavy atom. The number of nitrogens with one attached hydrogen (secondary N) is 1. The predicted molar refractivity (Wildman–Crippen MR) is 107 cm³/mol. The number of quaternary nitrogens is 1. The number of rotatable bonds is 6. The van der Waals surface area contributed by atoms with E-state index in [1.165, 1.54) is 11.3 Å². The van der Waals surface area contributed by atoms with Crippen LogP contribution in [-0.2, 0) is 6.54 Å². The predicted octanol–water partition coefficient (Wildman–Crippen LogP) is 2.38. The minimum absolute atomic E-state index is 0.796. The van der Waals surface area contributed by atoms with Gasteiger partial charge in [0.2, 0.25) is 0 Å². The van der Waals surface area contributed by atoms with Crippen LogP contribution in [0.2, 0.25) is 0 Å². The Balaban J connectivity index is 1.62. The third kappa shape index (κ3) is 4.24. The van der Waals surface area contributed by atoms with E-state index in [1.807, 2.05) is 18.2 Å². The summed E-state index contributed by atoms with van der Waals surface area (Å²) in [5.41, 5.74) is 2.46. The molecule has 0 aliphatic carbocycles. The van der Waals surface area contributed by atoms with Crippen LogP contribution in [0.4, 0.5) is 5.69 Å². The van der Waals surface area contributed by atoms with Crippen molar-refractivity contribution in [2.24, 2.45) is 0 Å². The monoisotopic (exact) mass is 421 g/mol. The summed E-state index contributed by atoms with van der Waals surface area (Å²) in [5, 5.41) is 0. The van der Waals surface area contributed by atoms with Gasteiger partial charge in [-0.2, -0.15) is 0 Å². The van der Waals surface area contributed by atoms with Crippen LogP contribution in [-0.4, -0.2) is 47.5 Å². The molecule has 0 spiro atoms. The van der Waals surface area contributed by atoms with Gasteiger partial charge in [0, 0.05) is 17.3 Å². The average Bonchev–Trinajstić information content (AvgIpc) is 2.69. The van der Waals surface area contributed by atoms with E-state index in [2.05, 4.69) is 39.0 Å². The molecule has 0 amide bonds. The summed E-state index contributed by atoms with van der Waals surface area (Å²) in [7, 11) is 5.08. The molecule has 0 unspecified atom stereocenters. The second-order valence-corrected chi connectivity index (χ2v) is 7.26. The first-order valence-electron chi connectivity index (χ1n) is 8.77. The number of halogens is 1. The molecule has 1 N–H and O–H groups in total. The lowest BCUT2D eigenvalue weighted by molar-refractivity contribution is -0.914. The van der Waals surface area contributed by atoms with E-state index in [0.29, 0.717) is 0 Å². The summed E-state index contributed by atoms with van der Waals surface area (Å²) >= 11 is 3.58. The molecule has 0 radical (unpaired) electrons. The summed E-state index contributed by atoms with van der Waals surface area (Å²) in [6.45, 7) is 5.22. The van der Waals surface area contributed by atoms with Crippen molar-refractivity contribution in [3.8, 4) is 17.2 Å². The number of hydrogen-bond acceptors (Lipinski definition) is 4. The topological polar surface area (TPSA) is 35.4 Å². The van der Waals surface area contributed by atoms with Gasteiger partial charge in [-0.3, -0.25) is 0 Å². The molecule has 0 bridgehead atoms. The lowest BCUT2D eigenvalue weighted by Crippen LogP contribution is -3.13. The Morgan fingerprint density at radius 2 is 1.58 bits per heavy atom. The molecule has 5 nitrogen and oxygen atoms in total. The van der Waals surface area contributed by atoms with Crippen molar-refractivity contribution < 1.29 is 19.1 Å². The maximum atomic E-state index is 5.56. The zero-order valence-electron chi connectivity index (χ0n) is 15.5. The highest BCUT2D eigenvalue weighted by atomic mass is 79.9. The lowest BCUT2D eigenvalue weighted by atomic mass is 10.1. The molecule has 3 rings (SSSR count).